The summed E-state index contributed by atoms with van der Waals surface area (Å²) in [5.41, 5.74) is 3.18. The number of H-pyrrole nitrogens is 1. The highest BCUT2D eigenvalue weighted by Gasteiger charge is 2.17. The quantitative estimate of drug-likeness (QED) is 0.864. The van der Waals surface area contributed by atoms with Crippen molar-refractivity contribution in [2.45, 2.75) is 45.4 Å². The molecule has 1 aliphatic rings. The minimum absolute atomic E-state index is 0.0428. The predicted octanol–water partition coefficient (Wildman–Crippen LogP) is 3.82. The fraction of sp³-hybridized carbons (Fsp3) is 0.500. The highest BCUT2D eigenvalue weighted by atomic mass is 16.1. The lowest BCUT2D eigenvalue weighted by atomic mass is 9.91. The van der Waals surface area contributed by atoms with Gasteiger partial charge in [-0.1, -0.05) is 20.8 Å². The number of anilines is 1. The third-order valence-electron chi connectivity index (χ3n) is 4.34. The second-order valence-corrected chi connectivity index (χ2v) is 7.07. The summed E-state index contributed by atoms with van der Waals surface area (Å²) >= 11 is 0. The van der Waals surface area contributed by atoms with Crippen LogP contribution in [0.2, 0.25) is 0 Å². The summed E-state index contributed by atoms with van der Waals surface area (Å²) < 4.78 is 0. The number of piperidine rings is 1. The number of nitrogens with zero attached hydrogens (tertiary/aromatic N) is 1. The molecule has 1 saturated heterocycles. The molecular weight excluding hydrogens is 260 g/mol. The second kappa shape index (κ2) is 5.21. The van der Waals surface area contributed by atoms with Crippen LogP contribution in [-0.4, -0.2) is 18.1 Å². The lowest BCUT2D eigenvalue weighted by Crippen LogP contribution is -2.29. The van der Waals surface area contributed by atoms with E-state index in [0.717, 1.165) is 29.7 Å². The Kier molecular flexibility index (Phi) is 3.52. The topological polar surface area (TPSA) is 36.1 Å². The van der Waals surface area contributed by atoms with E-state index < -0.39 is 0 Å². The summed E-state index contributed by atoms with van der Waals surface area (Å²) in [6.45, 7) is 8.55. The number of hydrogen-bond acceptors (Lipinski definition) is 2. The van der Waals surface area contributed by atoms with Crippen LogP contribution in [0.4, 0.5) is 5.69 Å². The maximum Gasteiger partial charge on any atom is 0.189 e. The Bertz CT molecular complexity index is 703. The van der Waals surface area contributed by atoms with Crippen LogP contribution in [-0.2, 0) is 5.41 Å². The fourth-order valence-corrected chi connectivity index (χ4v) is 2.99. The number of benzene rings is 1. The predicted molar refractivity (Wildman–Crippen MR) is 89.3 cm³/mol. The lowest BCUT2D eigenvalue weighted by Gasteiger charge is -2.29. The molecule has 1 aromatic carbocycles. The van der Waals surface area contributed by atoms with Crippen LogP contribution < -0.4 is 10.3 Å². The molecule has 1 aromatic heterocycles. The highest BCUT2D eigenvalue weighted by Crippen LogP contribution is 2.25. The minimum atomic E-state index is -0.0428. The molecule has 0 radical (unpaired) electrons. The van der Waals surface area contributed by atoms with Crippen molar-refractivity contribution in [1.82, 2.24) is 4.98 Å². The summed E-state index contributed by atoms with van der Waals surface area (Å²) in [4.78, 5) is 18.3. The molecule has 3 nitrogen and oxygen atoms in total. The normalized spacial score (nSPS) is 16.4. The Labute approximate surface area is 126 Å². The van der Waals surface area contributed by atoms with Crippen molar-refractivity contribution in [3.63, 3.8) is 0 Å². The number of rotatable bonds is 1. The van der Waals surface area contributed by atoms with Crippen LogP contribution >= 0.6 is 0 Å². The standard InChI is InChI=1S/C18H24N2O/c1-18(2,3)17-12-16(21)14-11-13(7-8-15(14)19-17)20-9-5-4-6-10-20/h7-8,11-12H,4-6,9-10H2,1-3H3,(H,19,21). The van der Waals surface area contributed by atoms with Crippen LogP contribution in [0, 0.1) is 0 Å². The summed E-state index contributed by atoms with van der Waals surface area (Å²) in [5.74, 6) is 0. The Balaban J connectivity index is 2.06. The number of nitrogens with one attached hydrogen (secondary N) is 1. The highest BCUT2D eigenvalue weighted by molar-refractivity contribution is 5.82. The van der Waals surface area contributed by atoms with Gasteiger partial charge in [-0.2, -0.15) is 0 Å². The van der Waals surface area contributed by atoms with Gasteiger partial charge < -0.3 is 9.88 Å². The third kappa shape index (κ3) is 2.82. The van der Waals surface area contributed by atoms with Crippen molar-refractivity contribution in [2.75, 3.05) is 18.0 Å². The van der Waals surface area contributed by atoms with Gasteiger partial charge in [0.1, 0.15) is 0 Å². The Hall–Kier alpha value is -1.77. The lowest BCUT2D eigenvalue weighted by molar-refractivity contribution is 0.571. The average Bonchev–Trinajstić information content (AvgIpc) is 2.47. The minimum Gasteiger partial charge on any atom is -0.372 e. The van der Waals surface area contributed by atoms with Crippen molar-refractivity contribution in [3.8, 4) is 0 Å². The third-order valence-corrected chi connectivity index (χ3v) is 4.34. The molecule has 0 saturated carbocycles. The van der Waals surface area contributed by atoms with Gasteiger partial charge in [0.25, 0.3) is 0 Å². The SMILES string of the molecule is CC(C)(C)c1cc(=O)c2cc(N3CCCCC3)ccc2[nH]1. The van der Waals surface area contributed by atoms with E-state index in [2.05, 4.69) is 42.8 Å². The molecule has 0 atom stereocenters. The number of aromatic amines is 1. The molecular formula is C18H24N2O. The Morgan fingerprint density at radius 3 is 2.43 bits per heavy atom. The van der Waals surface area contributed by atoms with Gasteiger partial charge in [0.15, 0.2) is 5.43 Å². The van der Waals surface area contributed by atoms with E-state index >= 15 is 0 Å². The monoisotopic (exact) mass is 284 g/mol. The summed E-state index contributed by atoms with van der Waals surface area (Å²) in [7, 11) is 0. The first-order valence-corrected chi connectivity index (χ1v) is 7.88. The molecule has 0 bridgehead atoms. The van der Waals surface area contributed by atoms with E-state index in [1.165, 1.54) is 24.9 Å². The molecule has 0 aliphatic carbocycles. The Morgan fingerprint density at radius 2 is 1.76 bits per heavy atom. The van der Waals surface area contributed by atoms with Gasteiger partial charge in [-0.25, -0.2) is 0 Å². The molecule has 3 heteroatoms. The first kappa shape index (κ1) is 14.2. The van der Waals surface area contributed by atoms with Gasteiger partial charge in [0.05, 0.1) is 0 Å². The largest absolute Gasteiger partial charge is 0.372 e. The molecule has 3 rings (SSSR count). The van der Waals surface area contributed by atoms with E-state index in [0.29, 0.717) is 0 Å². The van der Waals surface area contributed by atoms with Gasteiger partial charge in [-0.05, 0) is 37.5 Å². The van der Waals surface area contributed by atoms with Gasteiger partial charge in [-0.3, -0.25) is 4.79 Å². The zero-order chi connectivity index (χ0) is 15.0. The van der Waals surface area contributed by atoms with Crippen molar-refractivity contribution < 1.29 is 0 Å². The van der Waals surface area contributed by atoms with E-state index in [1.807, 2.05) is 6.07 Å². The number of pyridine rings is 1. The molecule has 1 fully saturated rings. The summed E-state index contributed by atoms with van der Waals surface area (Å²) in [6, 6.07) is 7.99. The smallest absolute Gasteiger partial charge is 0.189 e. The molecule has 1 N–H and O–H groups in total. The molecule has 0 amide bonds. The summed E-state index contributed by atoms with van der Waals surface area (Å²) in [6.07, 6.45) is 3.81. The fourth-order valence-electron chi connectivity index (χ4n) is 2.99. The Morgan fingerprint density at radius 1 is 1.05 bits per heavy atom. The van der Waals surface area contributed by atoms with Gasteiger partial charge in [0.2, 0.25) is 0 Å². The first-order chi connectivity index (χ1) is 9.95. The second-order valence-electron chi connectivity index (χ2n) is 7.07. The van der Waals surface area contributed by atoms with E-state index in [1.54, 1.807) is 6.07 Å². The van der Waals surface area contributed by atoms with Gasteiger partial charge in [0, 0.05) is 46.9 Å². The number of hydrogen-bond donors (Lipinski definition) is 1. The van der Waals surface area contributed by atoms with E-state index in [-0.39, 0.29) is 10.8 Å². The van der Waals surface area contributed by atoms with E-state index in [4.69, 9.17) is 0 Å². The van der Waals surface area contributed by atoms with Gasteiger partial charge >= 0.3 is 0 Å². The van der Waals surface area contributed by atoms with Crippen LogP contribution in [0.15, 0.2) is 29.1 Å². The zero-order valence-corrected chi connectivity index (χ0v) is 13.2. The van der Waals surface area contributed by atoms with Crippen LogP contribution in [0.1, 0.15) is 45.7 Å². The maximum atomic E-state index is 12.4. The molecule has 0 unspecified atom stereocenters. The van der Waals surface area contributed by atoms with Crippen molar-refractivity contribution >= 4 is 16.6 Å². The van der Waals surface area contributed by atoms with Crippen LogP contribution in [0.25, 0.3) is 10.9 Å². The van der Waals surface area contributed by atoms with Crippen molar-refractivity contribution in [2.24, 2.45) is 0 Å². The molecule has 0 spiro atoms. The van der Waals surface area contributed by atoms with Crippen LogP contribution in [0.3, 0.4) is 0 Å². The molecule has 112 valence electrons. The van der Waals surface area contributed by atoms with Crippen LogP contribution in [0.5, 0.6) is 0 Å². The molecule has 1 aliphatic heterocycles. The average molecular weight is 284 g/mol. The van der Waals surface area contributed by atoms with Gasteiger partial charge in [-0.15, -0.1) is 0 Å². The molecule has 21 heavy (non-hydrogen) atoms. The first-order valence-electron chi connectivity index (χ1n) is 7.88. The number of aromatic nitrogens is 1. The summed E-state index contributed by atoms with van der Waals surface area (Å²) in [5, 5.41) is 0.797. The molecule has 2 aromatic rings. The van der Waals surface area contributed by atoms with Crippen molar-refractivity contribution in [3.05, 3.63) is 40.2 Å². The van der Waals surface area contributed by atoms with E-state index in [9.17, 15) is 4.79 Å². The molecule has 2 heterocycles. The number of fused-ring (bicyclic) bond motifs is 1. The maximum absolute atomic E-state index is 12.4. The van der Waals surface area contributed by atoms with Crippen molar-refractivity contribution in [1.29, 1.82) is 0 Å². The zero-order valence-electron chi connectivity index (χ0n) is 13.2.